The van der Waals surface area contributed by atoms with Crippen LogP contribution in [0, 0.1) is 25.2 Å². The molecular formula is C44H37ClN10O18S7. The maximum atomic E-state index is 12.5. The fourth-order valence-electron chi connectivity index (χ4n) is 7.75. The number of pyridine rings is 1. The van der Waals surface area contributed by atoms with Crippen molar-refractivity contribution in [1.82, 2.24) is 14.4 Å². The number of rotatable bonds is 20. The highest BCUT2D eigenvalue weighted by Gasteiger charge is 2.27. The molecule has 0 unspecified atom stereocenters. The van der Waals surface area contributed by atoms with E-state index in [1.807, 2.05) is 6.07 Å². The van der Waals surface area contributed by atoms with E-state index in [9.17, 15) is 80.3 Å². The number of aryl methyl sites for hydroxylation is 1. The van der Waals surface area contributed by atoms with Crippen molar-refractivity contribution in [2.45, 2.75) is 52.9 Å². The predicted octanol–water partition coefficient (Wildman–Crippen LogP) is 9.60. The van der Waals surface area contributed by atoms with Gasteiger partial charge in [-0.25, -0.2) is 9.97 Å². The molecule has 0 atom stereocenters. The van der Waals surface area contributed by atoms with Gasteiger partial charge in [-0.2, -0.15) is 52.5 Å². The Morgan fingerprint density at radius 1 is 0.738 bits per heavy atom. The molecule has 0 saturated heterocycles. The summed E-state index contributed by atoms with van der Waals surface area (Å²) in [6.07, 6.45) is -0.292. The second kappa shape index (κ2) is 22.6. The van der Waals surface area contributed by atoms with Crippen LogP contribution in [0.4, 0.5) is 33.6 Å². The van der Waals surface area contributed by atoms with Crippen molar-refractivity contribution in [1.29, 1.82) is 5.26 Å². The first-order valence-electron chi connectivity index (χ1n) is 22.3. The molecule has 8 aromatic rings. The molecule has 0 aliphatic rings. The van der Waals surface area contributed by atoms with Crippen LogP contribution < -0.4 is 4.74 Å². The fourth-order valence-corrected chi connectivity index (χ4v) is 13.2. The summed E-state index contributed by atoms with van der Waals surface area (Å²) in [5.41, 5.74) is -0.584. The zero-order valence-corrected chi connectivity index (χ0v) is 47.0. The number of hydrogen-bond acceptors (Lipinski definition) is 24. The van der Waals surface area contributed by atoms with Gasteiger partial charge in [0.05, 0.1) is 67.4 Å². The zero-order chi connectivity index (χ0) is 58.4. The molecule has 0 fully saturated rings. The van der Waals surface area contributed by atoms with E-state index in [-0.39, 0.29) is 124 Å². The van der Waals surface area contributed by atoms with E-state index in [2.05, 4.69) is 40.7 Å². The Morgan fingerprint density at radius 2 is 1.40 bits per heavy atom. The van der Waals surface area contributed by atoms with Gasteiger partial charge in [-0.1, -0.05) is 29.0 Å². The summed E-state index contributed by atoms with van der Waals surface area (Å²) < 4.78 is 175. The Labute approximate surface area is 465 Å². The van der Waals surface area contributed by atoms with Crippen molar-refractivity contribution in [2.75, 3.05) is 23.9 Å². The third kappa shape index (κ3) is 13.0. The molecule has 5 aromatic carbocycles. The molecule has 0 spiro atoms. The molecule has 3 heterocycles. The summed E-state index contributed by atoms with van der Waals surface area (Å²) in [6.45, 7) is 1.94. The van der Waals surface area contributed by atoms with Crippen LogP contribution in [-0.4, -0.2) is 113 Å². The third-order valence-electron chi connectivity index (χ3n) is 11.5. The van der Waals surface area contributed by atoms with Gasteiger partial charge in [0.25, 0.3) is 50.6 Å². The normalized spacial score (nSPS) is 13.1. The number of imidazole rings is 1. The molecule has 36 heteroatoms. The lowest BCUT2D eigenvalue weighted by atomic mass is 10.1. The molecule has 0 aliphatic carbocycles. The number of thioether (sulfide) groups is 1. The molecule has 420 valence electrons. The fraction of sp³-hybridized carbons (Fsp3) is 0.205. The van der Waals surface area contributed by atoms with Crippen molar-refractivity contribution in [3.63, 3.8) is 0 Å². The molecule has 80 heavy (non-hydrogen) atoms. The molecule has 8 rings (SSSR count). The van der Waals surface area contributed by atoms with Gasteiger partial charge in [0.2, 0.25) is 11.0 Å². The van der Waals surface area contributed by atoms with Crippen molar-refractivity contribution >= 4 is 157 Å². The maximum Gasteiger partial charge on any atom is 0.296 e. The number of aromatic hydroxyl groups is 1. The molecule has 28 nitrogen and oxygen atoms in total. The van der Waals surface area contributed by atoms with Gasteiger partial charge in [-0.3, -0.25) is 27.2 Å². The number of benzene rings is 5. The first-order chi connectivity index (χ1) is 37.4. The molecule has 3 aromatic heterocycles. The van der Waals surface area contributed by atoms with Gasteiger partial charge in [-0.15, -0.1) is 37.3 Å². The number of fused-ring (bicyclic) bond motifs is 6. The van der Waals surface area contributed by atoms with Crippen molar-refractivity contribution in [2.24, 2.45) is 30.7 Å². The molecule has 0 amide bonds. The van der Waals surface area contributed by atoms with Crippen LogP contribution in [0.3, 0.4) is 0 Å². The van der Waals surface area contributed by atoms with Crippen molar-refractivity contribution < 1.29 is 79.8 Å². The van der Waals surface area contributed by atoms with E-state index < -0.39 is 94.3 Å². The van der Waals surface area contributed by atoms with Crippen LogP contribution in [0.5, 0.6) is 11.6 Å². The highest BCUT2D eigenvalue weighted by molar-refractivity contribution is 7.99. The molecule has 7 N–H and O–H groups in total. The van der Waals surface area contributed by atoms with Crippen LogP contribution >= 0.6 is 34.7 Å². The number of aliphatic hydroxyl groups is 1. The lowest BCUT2D eigenvalue weighted by molar-refractivity contribution is 0.282. The monoisotopic (exact) mass is 1250 g/mol. The van der Waals surface area contributed by atoms with Gasteiger partial charge < -0.3 is 14.9 Å². The molecule has 0 bridgehead atoms. The van der Waals surface area contributed by atoms with Crippen LogP contribution in [-0.2, 0) is 57.2 Å². The van der Waals surface area contributed by atoms with Crippen LogP contribution in [0.25, 0.3) is 37.7 Å². The number of azo groups is 3. The number of nitriles is 1. The first-order valence-corrected chi connectivity index (χ1v) is 32.0. The number of nitrogens with zero attached hydrogens (tertiary/aromatic N) is 10. The molecule has 0 saturated carbocycles. The number of ether oxygens (including phenoxy) is 1. The first kappa shape index (κ1) is 59.4. The minimum Gasteiger partial charge on any atom is -0.493 e. The number of aliphatic hydroxyl groups excluding tert-OH is 1. The summed E-state index contributed by atoms with van der Waals surface area (Å²) in [6, 6.07) is 14.0. The van der Waals surface area contributed by atoms with Gasteiger partial charge in [0.1, 0.15) is 38.4 Å². The average Bonchev–Trinajstić information content (AvgIpc) is 3.98. The smallest absolute Gasteiger partial charge is 0.296 e. The standard InChI is InChI=1S/C44H37ClN10O18S7/c1-21-13-31(51-53-38-22(2)27(19-46)42-47-28-7-8-35(79(67,68)69)37(45)40(28)55(42)43(38)57)33(73-9-3-11-76(58,59)60)17-29(21)49-52-32-14-24(20-56)30(18-34(32)74-10-4-12-77(61,62)63)50-54-44-48-39-36(80(70,71)72)15-23-5-6-25(78(64,65)66)16-26(23)41(39)75-44/h5-8,13-18,56-57H,3-4,9-12,20H2,1-2H3,(H,58,59,60)(H,61,62,63)(H,64,65,66)(H,67,68,69)(H,70,71,72). The largest absolute Gasteiger partial charge is 0.493 e. The third-order valence-corrected chi connectivity index (χ3v) is 18.3. The summed E-state index contributed by atoms with van der Waals surface area (Å²) in [5.74, 6) is -2.09. The quantitative estimate of drug-likeness (QED) is 0.0161. The average molecular weight is 1250 g/mol. The topological polar surface area (TPSA) is 450 Å². The van der Waals surface area contributed by atoms with E-state index in [4.69, 9.17) is 16.3 Å². The van der Waals surface area contributed by atoms with E-state index in [0.29, 0.717) is 5.56 Å². The Hall–Kier alpha value is -6.76. The lowest BCUT2D eigenvalue weighted by Gasteiger charge is -2.12. The Morgan fingerprint density at radius 3 is 2.05 bits per heavy atom. The second-order valence-electron chi connectivity index (χ2n) is 16.9. The summed E-state index contributed by atoms with van der Waals surface area (Å²) in [5, 5.41) is 57.6. The maximum absolute atomic E-state index is 12.5. The van der Waals surface area contributed by atoms with Crippen molar-refractivity contribution in [3.8, 4) is 17.7 Å². The van der Waals surface area contributed by atoms with E-state index in [0.717, 1.165) is 51.8 Å². The van der Waals surface area contributed by atoms with Crippen LogP contribution in [0.2, 0.25) is 5.02 Å². The van der Waals surface area contributed by atoms with E-state index in [1.54, 1.807) is 6.92 Å². The summed E-state index contributed by atoms with van der Waals surface area (Å²) >= 11 is 8.19. The Kier molecular flexibility index (Phi) is 16.8. The lowest BCUT2D eigenvalue weighted by Crippen LogP contribution is -2.08. The second-order valence-corrected chi connectivity index (χ2v) is 26.8. The molecular weight excluding hydrogens is 1220 g/mol. The number of hydrogen-bond donors (Lipinski definition) is 7. The van der Waals surface area contributed by atoms with E-state index in [1.165, 1.54) is 43.3 Å². The number of aromatic nitrogens is 3. The Bertz CT molecular complexity index is 4640. The highest BCUT2D eigenvalue weighted by Crippen LogP contribution is 2.45. The number of thiazole rings is 1. The van der Waals surface area contributed by atoms with Crippen molar-refractivity contribution in [3.05, 3.63) is 87.9 Å². The van der Waals surface area contributed by atoms with Crippen LogP contribution in [0.1, 0.15) is 35.1 Å². The van der Waals surface area contributed by atoms with Gasteiger partial charge in [0, 0.05) is 27.5 Å². The number of halogens is 1. The SMILES string of the molecule is Cc1cc(N=Nc2c(C)c(C#N)c3nc4ccc(S(=O)(=O)O)c(Cl)c4n3c2O)c(OCCCS(=O)(=O)O)cc1N=Nc1cc(CO)c(N=Nc2nc3c(S(=O)(=O)O)cc4ccc(S(=O)(=O)O)cc4c3s2)cc1SCCCS(=O)(=O)O. The van der Waals surface area contributed by atoms with Gasteiger partial charge in [0.15, 0.2) is 11.3 Å². The summed E-state index contributed by atoms with van der Waals surface area (Å²) in [4.78, 5) is 6.92. The Balaban J connectivity index is 1.20. The summed E-state index contributed by atoms with van der Waals surface area (Å²) in [7, 11) is -23.3. The molecule has 0 aliphatic heterocycles. The predicted molar refractivity (Wildman–Crippen MR) is 290 cm³/mol. The van der Waals surface area contributed by atoms with Gasteiger partial charge in [-0.05, 0) is 91.9 Å². The zero-order valence-electron chi connectivity index (χ0n) is 40.6. The highest BCUT2D eigenvalue weighted by atomic mass is 35.5. The van der Waals surface area contributed by atoms with E-state index >= 15 is 0 Å². The van der Waals surface area contributed by atoms with Crippen LogP contribution in [0.15, 0.2) is 111 Å². The minimum atomic E-state index is -4.92. The molecule has 0 radical (unpaired) electrons. The minimum absolute atomic E-state index is 0.0162. The van der Waals surface area contributed by atoms with Gasteiger partial charge >= 0.3 is 0 Å².